The summed E-state index contributed by atoms with van der Waals surface area (Å²) in [5, 5.41) is 12.8. The average Bonchev–Trinajstić information content (AvgIpc) is 2.37. The second-order valence-electron chi connectivity index (χ2n) is 6.37. The van der Waals surface area contributed by atoms with Crippen LogP contribution in [0.15, 0.2) is 24.3 Å². The van der Waals surface area contributed by atoms with E-state index in [0.29, 0.717) is 18.5 Å². The van der Waals surface area contributed by atoms with Gasteiger partial charge in [0.25, 0.3) is 5.91 Å². The van der Waals surface area contributed by atoms with E-state index in [4.69, 9.17) is 0 Å². The summed E-state index contributed by atoms with van der Waals surface area (Å²) in [5.41, 5.74) is 1.48. The third-order valence-electron chi connectivity index (χ3n) is 3.33. The van der Waals surface area contributed by atoms with Crippen molar-refractivity contribution in [2.45, 2.75) is 33.3 Å². The molecule has 1 amide bonds. The summed E-state index contributed by atoms with van der Waals surface area (Å²) in [7, 11) is 3.88. The molecule has 4 nitrogen and oxygen atoms in total. The van der Waals surface area contributed by atoms with Crippen LogP contribution >= 0.6 is 0 Å². The van der Waals surface area contributed by atoms with Gasteiger partial charge in [0.1, 0.15) is 0 Å². The number of aliphatic hydroxyl groups excluding tert-OH is 1. The van der Waals surface area contributed by atoms with Gasteiger partial charge in [-0.2, -0.15) is 0 Å². The molecule has 0 radical (unpaired) electrons. The summed E-state index contributed by atoms with van der Waals surface area (Å²) >= 11 is 0. The molecule has 0 aliphatic rings. The maximum absolute atomic E-state index is 12.0. The van der Waals surface area contributed by atoms with Gasteiger partial charge < -0.3 is 15.3 Å². The van der Waals surface area contributed by atoms with Crippen molar-refractivity contribution in [2.75, 3.05) is 25.5 Å². The fraction of sp³-hybridized carbons (Fsp3) is 0.562. The van der Waals surface area contributed by atoms with Gasteiger partial charge in [0, 0.05) is 31.9 Å². The maximum atomic E-state index is 12.0. The molecule has 0 saturated carbocycles. The first kappa shape index (κ1) is 16.5. The lowest BCUT2D eigenvalue weighted by molar-refractivity contribution is 0.0551. The summed E-state index contributed by atoms with van der Waals surface area (Å²) in [5.74, 6) is -0.102. The Balaban J connectivity index is 2.53. The molecule has 1 rings (SSSR count). The Morgan fingerprint density at radius 3 is 2.55 bits per heavy atom. The van der Waals surface area contributed by atoms with Crippen LogP contribution in [0, 0.1) is 5.41 Å². The smallest absolute Gasteiger partial charge is 0.251 e. The number of rotatable bonds is 5. The van der Waals surface area contributed by atoms with E-state index in [2.05, 4.69) is 5.32 Å². The Morgan fingerprint density at radius 2 is 2.00 bits per heavy atom. The number of benzene rings is 1. The van der Waals surface area contributed by atoms with Crippen molar-refractivity contribution in [3.63, 3.8) is 0 Å². The first-order valence-electron chi connectivity index (χ1n) is 6.95. The molecule has 0 aliphatic carbocycles. The fourth-order valence-corrected chi connectivity index (χ4v) is 1.78. The molecule has 112 valence electrons. The van der Waals surface area contributed by atoms with Crippen LogP contribution in [0.25, 0.3) is 0 Å². The molecule has 1 atom stereocenters. The van der Waals surface area contributed by atoms with E-state index in [0.717, 1.165) is 5.69 Å². The highest BCUT2D eigenvalue weighted by atomic mass is 16.3. The monoisotopic (exact) mass is 278 g/mol. The SMILES string of the molecule is CN(C)c1cccc(C(=O)NCCC(O)C(C)(C)C)c1. The lowest BCUT2D eigenvalue weighted by Crippen LogP contribution is -2.32. The third kappa shape index (κ3) is 4.85. The number of carbonyl (C=O) groups is 1. The molecule has 1 aromatic carbocycles. The van der Waals surface area contributed by atoms with E-state index in [1.165, 1.54) is 0 Å². The third-order valence-corrected chi connectivity index (χ3v) is 3.33. The van der Waals surface area contributed by atoms with Crippen LogP contribution in [0.3, 0.4) is 0 Å². The van der Waals surface area contributed by atoms with Crippen molar-refractivity contribution in [2.24, 2.45) is 5.41 Å². The summed E-state index contributed by atoms with van der Waals surface area (Å²) in [4.78, 5) is 14.0. The fourth-order valence-electron chi connectivity index (χ4n) is 1.78. The quantitative estimate of drug-likeness (QED) is 0.869. The number of nitrogens with zero attached hydrogens (tertiary/aromatic N) is 1. The van der Waals surface area contributed by atoms with Gasteiger partial charge in [-0.25, -0.2) is 0 Å². The van der Waals surface area contributed by atoms with Gasteiger partial charge in [-0.3, -0.25) is 4.79 Å². The van der Waals surface area contributed by atoms with Gasteiger partial charge in [-0.05, 0) is 30.0 Å². The van der Waals surface area contributed by atoms with Crippen LogP contribution < -0.4 is 10.2 Å². The number of hydrogen-bond acceptors (Lipinski definition) is 3. The zero-order chi connectivity index (χ0) is 15.3. The van der Waals surface area contributed by atoms with Gasteiger partial charge in [0.2, 0.25) is 0 Å². The first-order chi connectivity index (χ1) is 9.21. The molecule has 20 heavy (non-hydrogen) atoms. The molecular weight excluding hydrogens is 252 g/mol. The standard InChI is InChI=1S/C16H26N2O2/c1-16(2,3)14(19)9-10-17-15(20)12-7-6-8-13(11-12)18(4)5/h6-8,11,14,19H,9-10H2,1-5H3,(H,17,20). The number of hydrogen-bond donors (Lipinski definition) is 2. The highest BCUT2D eigenvalue weighted by Gasteiger charge is 2.21. The van der Waals surface area contributed by atoms with Crippen LogP contribution in [0.1, 0.15) is 37.6 Å². The number of amides is 1. The van der Waals surface area contributed by atoms with Crippen molar-refractivity contribution in [1.82, 2.24) is 5.32 Å². The Kier molecular flexibility index (Phi) is 5.57. The second-order valence-corrected chi connectivity index (χ2v) is 6.37. The maximum Gasteiger partial charge on any atom is 0.251 e. The zero-order valence-corrected chi connectivity index (χ0v) is 13.1. The summed E-state index contributed by atoms with van der Waals surface area (Å²) < 4.78 is 0. The Bertz CT molecular complexity index is 450. The molecule has 2 N–H and O–H groups in total. The predicted octanol–water partition coefficient (Wildman–Crippen LogP) is 2.28. The van der Waals surface area contributed by atoms with Gasteiger partial charge in [0.15, 0.2) is 0 Å². The van der Waals surface area contributed by atoms with Crippen molar-refractivity contribution < 1.29 is 9.90 Å². The largest absolute Gasteiger partial charge is 0.393 e. The minimum Gasteiger partial charge on any atom is -0.393 e. The molecule has 0 fully saturated rings. The summed E-state index contributed by atoms with van der Waals surface area (Å²) in [6, 6.07) is 7.48. The number of nitrogens with one attached hydrogen (secondary N) is 1. The summed E-state index contributed by atoms with van der Waals surface area (Å²) in [6.45, 7) is 6.43. The number of anilines is 1. The van der Waals surface area contributed by atoms with Gasteiger partial charge >= 0.3 is 0 Å². The van der Waals surface area contributed by atoms with Crippen molar-refractivity contribution in [3.8, 4) is 0 Å². The minimum absolute atomic E-state index is 0.102. The van der Waals surface area contributed by atoms with Gasteiger partial charge in [0.05, 0.1) is 6.10 Å². The van der Waals surface area contributed by atoms with E-state index in [9.17, 15) is 9.90 Å². The van der Waals surface area contributed by atoms with Crippen LogP contribution in [-0.2, 0) is 0 Å². The molecule has 0 saturated heterocycles. The topological polar surface area (TPSA) is 52.6 Å². The predicted molar refractivity (Wildman–Crippen MR) is 83.2 cm³/mol. The van der Waals surface area contributed by atoms with E-state index in [1.807, 2.05) is 58.0 Å². The van der Waals surface area contributed by atoms with Crippen LogP contribution in [0.5, 0.6) is 0 Å². The molecule has 0 aromatic heterocycles. The molecule has 0 spiro atoms. The Labute approximate surface area is 121 Å². The molecular formula is C16H26N2O2. The van der Waals surface area contributed by atoms with E-state index >= 15 is 0 Å². The number of aliphatic hydroxyl groups is 1. The average molecular weight is 278 g/mol. The van der Waals surface area contributed by atoms with E-state index in [-0.39, 0.29) is 11.3 Å². The van der Waals surface area contributed by atoms with Crippen molar-refractivity contribution in [3.05, 3.63) is 29.8 Å². The van der Waals surface area contributed by atoms with Crippen LogP contribution in [0.2, 0.25) is 0 Å². The van der Waals surface area contributed by atoms with Gasteiger partial charge in [-0.15, -0.1) is 0 Å². The summed E-state index contributed by atoms with van der Waals surface area (Å²) in [6.07, 6.45) is 0.138. The van der Waals surface area contributed by atoms with Crippen LogP contribution in [0.4, 0.5) is 5.69 Å². The number of carbonyl (C=O) groups excluding carboxylic acids is 1. The Morgan fingerprint density at radius 1 is 1.35 bits per heavy atom. The molecule has 4 heteroatoms. The highest BCUT2D eigenvalue weighted by molar-refractivity contribution is 5.95. The second kappa shape index (κ2) is 6.75. The van der Waals surface area contributed by atoms with Crippen molar-refractivity contribution >= 4 is 11.6 Å². The Hall–Kier alpha value is -1.55. The lowest BCUT2D eigenvalue weighted by atomic mass is 9.87. The molecule has 1 unspecified atom stereocenters. The normalized spacial score (nSPS) is 12.9. The molecule has 1 aromatic rings. The first-order valence-corrected chi connectivity index (χ1v) is 6.95. The van der Waals surface area contributed by atoms with Gasteiger partial charge in [-0.1, -0.05) is 26.8 Å². The minimum atomic E-state index is -0.420. The van der Waals surface area contributed by atoms with Crippen LogP contribution in [-0.4, -0.2) is 37.8 Å². The highest BCUT2D eigenvalue weighted by Crippen LogP contribution is 2.21. The van der Waals surface area contributed by atoms with E-state index < -0.39 is 6.10 Å². The lowest BCUT2D eigenvalue weighted by Gasteiger charge is -2.25. The molecule has 0 heterocycles. The zero-order valence-electron chi connectivity index (χ0n) is 13.1. The van der Waals surface area contributed by atoms with E-state index in [1.54, 1.807) is 6.07 Å². The van der Waals surface area contributed by atoms with Crippen molar-refractivity contribution in [1.29, 1.82) is 0 Å². The molecule has 0 bridgehead atoms. The molecule has 0 aliphatic heterocycles.